The van der Waals surface area contributed by atoms with Crippen LogP contribution in [0.2, 0.25) is 0 Å². The number of aliphatic hydroxyl groups is 1. The standard InChI is InChI=1S/C6H13NO2/c8-6-7(9)4-2-1-3-5-7/h8H,1-6H2. The first-order chi connectivity index (χ1) is 4.27. The van der Waals surface area contributed by atoms with Crippen LogP contribution in [0, 0.1) is 5.21 Å². The van der Waals surface area contributed by atoms with Crippen LogP contribution < -0.4 is 0 Å². The Bertz CT molecular complexity index is 89.1. The van der Waals surface area contributed by atoms with E-state index in [9.17, 15) is 5.21 Å². The second kappa shape index (κ2) is 2.64. The minimum absolute atomic E-state index is 0.236. The molecule has 1 rings (SSSR count). The van der Waals surface area contributed by atoms with Crippen LogP contribution in [-0.4, -0.2) is 29.6 Å². The van der Waals surface area contributed by atoms with Crippen molar-refractivity contribution in [3.8, 4) is 0 Å². The molecule has 1 fully saturated rings. The maximum atomic E-state index is 11.2. The summed E-state index contributed by atoms with van der Waals surface area (Å²) >= 11 is 0. The Labute approximate surface area is 55.1 Å². The Morgan fingerprint density at radius 2 is 1.78 bits per heavy atom. The third kappa shape index (κ3) is 1.64. The lowest BCUT2D eigenvalue weighted by Crippen LogP contribution is -2.46. The van der Waals surface area contributed by atoms with Gasteiger partial charge in [0.05, 0.1) is 13.1 Å². The lowest BCUT2D eigenvalue weighted by atomic mass is 10.1. The Morgan fingerprint density at radius 3 is 2.11 bits per heavy atom. The van der Waals surface area contributed by atoms with Gasteiger partial charge in [0.15, 0.2) is 6.73 Å². The van der Waals surface area contributed by atoms with E-state index in [0.717, 1.165) is 19.3 Å². The number of rotatable bonds is 1. The van der Waals surface area contributed by atoms with Gasteiger partial charge in [-0.3, -0.25) is 0 Å². The van der Waals surface area contributed by atoms with Gasteiger partial charge in [0, 0.05) is 0 Å². The summed E-state index contributed by atoms with van der Waals surface area (Å²) in [4.78, 5) is 0. The van der Waals surface area contributed by atoms with E-state index >= 15 is 0 Å². The molecule has 1 N–H and O–H groups in total. The molecule has 0 aromatic heterocycles. The molecule has 0 atom stereocenters. The van der Waals surface area contributed by atoms with Gasteiger partial charge in [-0.1, -0.05) is 0 Å². The first-order valence-electron chi connectivity index (χ1n) is 3.45. The first kappa shape index (κ1) is 6.99. The van der Waals surface area contributed by atoms with Gasteiger partial charge < -0.3 is 15.0 Å². The average Bonchev–Trinajstić information content (AvgIpc) is 1.90. The maximum Gasteiger partial charge on any atom is 0.180 e. The molecule has 0 aliphatic carbocycles. The van der Waals surface area contributed by atoms with Crippen LogP contribution in [0.4, 0.5) is 0 Å². The fourth-order valence-corrected chi connectivity index (χ4v) is 1.23. The van der Waals surface area contributed by atoms with E-state index in [2.05, 4.69) is 0 Å². The summed E-state index contributed by atoms with van der Waals surface area (Å²) in [5.41, 5.74) is 0. The van der Waals surface area contributed by atoms with E-state index in [1.807, 2.05) is 0 Å². The van der Waals surface area contributed by atoms with Gasteiger partial charge in [-0.15, -0.1) is 0 Å². The highest BCUT2D eigenvalue weighted by atomic mass is 16.6. The Morgan fingerprint density at radius 1 is 1.22 bits per heavy atom. The van der Waals surface area contributed by atoms with E-state index in [4.69, 9.17) is 5.11 Å². The van der Waals surface area contributed by atoms with Crippen LogP contribution in [0.15, 0.2) is 0 Å². The first-order valence-corrected chi connectivity index (χ1v) is 3.45. The number of hydrogen-bond acceptors (Lipinski definition) is 2. The van der Waals surface area contributed by atoms with E-state index in [0.29, 0.717) is 13.1 Å². The molecule has 1 aliphatic rings. The number of aliphatic hydroxyl groups excluding tert-OH is 1. The molecule has 1 heterocycles. The van der Waals surface area contributed by atoms with E-state index < -0.39 is 0 Å². The summed E-state index contributed by atoms with van der Waals surface area (Å²) < 4.78 is -0.375. The highest BCUT2D eigenvalue weighted by molar-refractivity contribution is 4.51. The summed E-state index contributed by atoms with van der Waals surface area (Å²) in [7, 11) is 0. The molecule has 54 valence electrons. The van der Waals surface area contributed by atoms with Crippen LogP contribution in [0.1, 0.15) is 19.3 Å². The lowest BCUT2D eigenvalue weighted by molar-refractivity contribution is -0.903. The van der Waals surface area contributed by atoms with Crippen molar-refractivity contribution in [1.82, 2.24) is 0 Å². The van der Waals surface area contributed by atoms with Crippen molar-refractivity contribution in [3.63, 3.8) is 0 Å². The molecule has 0 saturated carbocycles. The fourth-order valence-electron chi connectivity index (χ4n) is 1.23. The molecule has 0 aromatic carbocycles. The summed E-state index contributed by atoms with van der Waals surface area (Å²) in [5.74, 6) is 0. The van der Waals surface area contributed by atoms with Gasteiger partial charge in [0.1, 0.15) is 0 Å². The summed E-state index contributed by atoms with van der Waals surface area (Å²) in [6, 6.07) is 0. The molecular weight excluding hydrogens is 118 g/mol. The number of hydrogen-bond donors (Lipinski definition) is 1. The smallest absolute Gasteiger partial charge is 0.180 e. The van der Waals surface area contributed by atoms with Crippen LogP contribution >= 0.6 is 0 Å². The van der Waals surface area contributed by atoms with Crippen molar-refractivity contribution in [2.45, 2.75) is 19.3 Å². The Hall–Kier alpha value is -0.120. The van der Waals surface area contributed by atoms with Crippen LogP contribution in [0.25, 0.3) is 0 Å². The number of quaternary nitrogens is 1. The number of hydroxylamine groups is 3. The normalized spacial score (nSPS) is 26.0. The summed E-state index contributed by atoms with van der Waals surface area (Å²) in [6.07, 6.45) is 3.11. The van der Waals surface area contributed by atoms with E-state index in [1.54, 1.807) is 0 Å². The van der Waals surface area contributed by atoms with E-state index in [-0.39, 0.29) is 11.4 Å². The fraction of sp³-hybridized carbons (Fsp3) is 1.00. The topological polar surface area (TPSA) is 43.3 Å². The van der Waals surface area contributed by atoms with Crippen molar-refractivity contribution < 1.29 is 9.75 Å². The van der Waals surface area contributed by atoms with Crippen molar-refractivity contribution >= 4 is 0 Å². The quantitative estimate of drug-likeness (QED) is 0.414. The van der Waals surface area contributed by atoms with Crippen LogP contribution in [0.3, 0.4) is 0 Å². The maximum absolute atomic E-state index is 11.2. The minimum atomic E-state index is -0.375. The zero-order chi connectivity index (χ0) is 6.74. The number of nitrogens with zero attached hydrogens (tertiary/aromatic N) is 1. The Kier molecular flexibility index (Phi) is 2.05. The molecule has 3 heteroatoms. The SMILES string of the molecule is [O-][N+]1(CO)CCCCC1. The molecule has 3 nitrogen and oxygen atoms in total. The summed E-state index contributed by atoms with van der Waals surface area (Å²) in [6.45, 7) is 0.979. The van der Waals surface area contributed by atoms with Crippen molar-refractivity contribution in [2.24, 2.45) is 0 Å². The van der Waals surface area contributed by atoms with Crippen LogP contribution in [-0.2, 0) is 0 Å². The van der Waals surface area contributed by atoms with Gasteiger partial charge in [-0.05, 0) is 19.3 Å². The monoisotopic (exact) mass is 131 g/mol. The third-order valence-electron chi connectivity index (χ3n) is 1.89. The summed E-state index contributed by atoms with van der Waals surface area (Å²) in [5, 5.41) is 19.8. The third-order valence-corrected chi connectivity index (χ3v) is 1.89. The second-order valence-corrected chi connectivity index (χ2v) is 2.71. The molecular formula is C6H13NO2. The zero-order valence-corrected chi connectivity index (χ0v) is 5.55. The van der Waals surface area contributed by atoms with Gasteiger partial charge in [-0.25, -0.2) is 0 Å². The Balaban J connectivity index is 2.37. The van der Waals surface area contributed by atoms with Crippen LogP contribution in [0.5, 0.6) is 0 Å². The predicted octanol–water partition coefficient (Wildman–Crippen LogP) is 0.435. The average molecular weight is 131 g/mol. The molecule has 0 unspecified atom stereocenters. The van der Waals surface area contributed by atoms with Crippen molar-refractivity contribution in [1.29, 1.82) is 0 Å². The van der Waals surface area contributed by atoms with Gasteiger partial charge in [0.25, 0.3) is 0 Å². The number of likely N-dealkylation sites (tertiary alicyclic amines) is 1. The highest BCUT2D eigenvalue weighted by Gasteiger charge is 2.18. The minimum Gasteiger partial charge on any atom is -0.631 e. The lowest BCUT2D eigenvalue weighted by Gasteiger charge is -2.43. The molecule has 9 heavy (non-hydrogen) atoms. The molecule has 0 aromatic rings. The zero-order valence-electron chi connectivity index (χ0n) is 5.55. The van der Waals surface area contributed by atoms with Gasteiger partial charge >= 0.3 is 0 Å². The molecule has 1 aliphatic heterocycles. The molecule has 1 saturated heterocycles. The molecule has 0 amide bonds. The van der Waals surface area contributed by atoms with Gasteiger partial charge in [0.2, 0.25) is 0 Å². The van der Waals surface area contributed by atoms with Crippen molar-refractivity contribution in [2.75, 3.05) is 19.8 Å². The largest absolute Gasteiger partial charge is 0.631 e. The second-order valence-electron chi connectivity index (χ2n) is 2.71. The molecule has 0 bridgehead atoms. The van der Waals surface area contributed by atoms with Gasteiger partial charge in [-0.2, -0.15) is 0 Å². The molecule has 0 radical (unpaired) electrons. The predicted molar refractivity (Wildman–Crippen MR) is 34.3 cm³/mol. The molecule has 0 spiro atoms. The highest BCUT2D eigenvalue weighted by Crippen LogP contribution is 2.15. The number of piperidine rings is 1. The van der Waals surface area contributed by atoms with E-state index in [1.165, 1.54) is 0 Å². The van der Waals surface area contributed by atoms with Crippen molar-refractivity contribution in [3.05, 3.63) is 5.21 Å².